The lowest BCUT2D eigenvalue weighted by Gasteiger charge is -2.18. The number of aliphatic hydroxyl groups is 3. The van der Waals surface area contributed by atoms with Crippen LogP contribution in [0, 0.1) is 5.92 Å². The first kappa shape index (κ1) is 41.1. The van der Waals surface area contributed by atoms with E-state index in [9.17, 15) is 9.59 Å². The topological polar surface area (TPSA) is 181 Å². The molecule has 38 heavy (non-hydrogen) atoms. The normalized spacial score (nSPS) is 15.7. The van der Waals surface area contributed by atoms with Crippen LogP contribution in [0.15, 0.2) is 0 Å². The minimum atomic E-state index is -1.08. The fraction of sp³-hybridized carbons (Fsp3) is 0.923. The van der Waals surface area contributed by atoms with E-state index in [1.165, 1.54) is 0 Å². The quantitative estimate of drug-likeness (QED) is 0.147. The van der Waals surface area contributed by atoms with Crippen LogP contribution in [0.5, 0.6) is 0 Å². The van der Waals surface area contributed by atoms with Crippen molar-refractivity contribution < 1.29 is 58.8 Å². The highest BCUT2D eigenvalue weighted by Gasteiger charge is 2.09. The van der Waals surface area contributed by atoms with Gasteiger partial charge < -0.3 is 49.2 Å². The van der Waals surface area contributed by atoms with Crippen LogP contribution in [0.3, 0.4) is 0 Å². The van der Waals surface area contributed by atoms with Gasteiger partial charge in [-0.25, -0.2) is 0 Å². The second kappa shape index (κ2) is 27.2. The van der Waals surface area contributed by atoms with Gasteiger partial charge in [-0.1, -0.05) is 13.8 Å². The Hall–Kier alpha value is -1.38. The van der Waals surface area contributed by atoms with Gasteiger partial charge in [0.1, 0.15) is 0 Å². The Bertz CT molecular complexity index is 528. The third kappa shape index (κ3) is 39.1. The summed E-state index contributed by atoms with van der Waals surface area (Å²) in [7, 11) is 0. The summed E-state index contributed by atoms with van der Waals surface area (Å²) in [6.45, 7) is 18.2. The first-order chi connectivity index (χ1) is 17.6. The molecule has 0 aromatic rings. The van der Waals surface area contributed by atoms with E-state index in [4.69, 9.17) is 49.2 Å². The Morgan fingerprint density at radius 2 is 0.895 bits per heavy atom. The van der Waals surface area contributed by atoms with E-state index in [0.29, 0.717) is 39.0 Å². The van der Waals surface area contributed by atoms with Gasteiger partial charge in [-0.15, -0.1) is 0 Å². The maximum Gasteiger partial charge on any atom is 0.303 e. The fourth-order valence-corrected chi connectivity index (χ4v) is 2.09. The van der Waals surface area contributed by atoms with Crippen LogP contribution in [0.1, 0.15) is 68.2 Å². The number of ether oxygens (including phenoxy) is 5. The monoisotopic (exact) mass is 558 g/mol. The van der Waals surface area contributed by atoms with E-state index in [2.05, 4.69) is 13.8 Å². The summed E-state index contributed by atoms with van der Waals surface area (Å²) in [5.74, 6) is -1.60. The van der Waals surface area contributed by atoms with Crippen LogP contribution in [-0.4, -0.2) is 120 Å². The summed E-state index contributed by atoms with van der Waals surface area (Å²) in [4.78, 5) is 19.3. The highest BCUT2D eigenvalue weighted by molar-refractivity contribution is 5.75. The molecule has 0 aromatic carbocycles. The zero-order chi connectivity index (χ0) is 30.1. The Balaban J connectivity index is -0.000000516. The maximum absolute atomic E-state index is 9.64. The molecule has 0 aliphatic heterocycles. The average molecular weight is 559 g/mol. The Labute approximate surface area is 228 Å². The standard InChI is InChI=1S/C13H28O4.C9H20O4.C4H6O4/c1-10(2)6-15-8-12(4)17-9-13(5)16-7-11(3)14;1-7(11)5-12-9(3)6-13-8(2)4-10;5-3(6)1-2-4(7)8/h10-14H,6-9H2,1-5H3;7-11H,4-6H2,1-3H3;1-2H2,(H,5,6)(H,7,8). The summed E-state index contributed by atoms with van der Waals surface area (Å²) in [5, 5.41) is 42.4. The Kier molecular flexibility index (Phi) is 29.4. The van der Waals surface area contributed by atoms with Crippen LogP contribution in [-0.2, 0) is 33.3 Å². The summed E-state index contributed by atoms with van der Waals surface area (Å²) in [6, 6.07) is 0. The van der Waals surface area contributed by atoms with E-state index >= 15 is 0 Å². The van der Waals surface area contributed by atoms with Gasteiger partial charge in [-0.3, -0.25) is 9.59 Å². The maximum atomic E-state index is 9.64. The van der Waals surface area contributed by atoms with E-state index in [0.717, 1.165) is 6.61 Å². The smallest absolute Gasteiger partial charge is 0.303 e. The molecule has 6 unspecified atom stereocenters. The van der Waals surface area contributed by atoms with Crippen molar-refractivity contribution >= 4 is 11.9 Å². The van der Waals surface area contributed by atoms with Gasteiger partial charge in [0.15, 0.2) is 0 Å². The molecule has 0 radical (unpaired) electrons. The number of carbonyl (C=O) groups is 2. The Morgan fingerprint density at radius 1 is 0.553 bits per heavy atom. The van der Waals surface area contributed by atoms with Crippen molar-refractivity contribution in [3.05, 3.63) is 0 Å². The van der Waals surface area contributed by atoms with Crippen molar-refractivity contribution in [1.29, 1.82) is 0 Å². The molecule has 0 aliphatic rings. The van der Waals surface area contributed by atoms with Crippen LogP contribution in [0.2, 0.25) is 0 Å². The van der Waals surface area contributed by atoms with Crippen molar-refractivity contribution in [2.75, 3.05) is 46.2 Å². The molecule has 0 aromatic heterocycles. The van der Waals surface area contributed by atoms with Crippen LogP contribution in [0.4, 0.5) is 0 Å². The molecule has 0 saturated carbocycles. The lowest BCUT2D eigenvalue weighted by molar-refractivity contribution is -0.143. The minimum Gasteiger partial charge on any atom is -0.481 e. The lowest BCUT2D eigenvalue weighted by atomic mass is 10.2. The molecule has 230 valence electrons. The van der Waals surface area contributed by atoms with Gasteiger partial charge in [-0.05, 0) is 47.5 Å². The second-order valence-corrected chi connectivity index (χ2v) is 9.68. The molecule has 0 saturated heterocycles. The number of aliphatic carboxylic acids is 2. The predicted octanol–water partition coefficient (Wildman–Crippen LogP) is 1.96. The number of carboxylic acids is 2. The largest absolute Gasteiger partial charge is 0.481 e. The van der Waals surface area contributed by atoms with E-state index in [1.54, 1.807) is 20.8 Å². The molecule has 0 heterocycles. The fourth-order valence-electron chi connectivity index (χ4n) is 2.09. The number of aliphatic hydroxyl groups excluding tert-OH is 3. The van der Waals surface area contributed by atoms with Crippen LogP contribution >= 0.6 is 0 Å². The zero-order valence-electron chi connectivity index (χ0n) is 24.5. The highest BCUT2D eigenvalue weighted by atomic mass is 16.6. The number of carboxylic acid groups (broad SMARTS) is 2. The molecular weight excluding hydrogens is 504 g/mol. The molecule has 6 atom stereocenters. The average Bonchev–Trinajstić information content (AvgIpc) is 2.82. The summed E-state index contributed by atoms with van der Waals surface area (Å²) < 4.78 is 26.9. The summed E-state index contributed by atoms with van der Waals surface area (Å²) >= 11 is 0. The van der Waals surface area contributed by atoms with Crippen LogP contribution in [0.25, 0.3) is 0 Å². The van der Waals surface area contributed by atoms with Crippen molar-refractivity contribution in [1.82, 2.24) is 0 Å². The third-order valence-corrected chi connectivity index (χ3v) is 4.09. The van der Waals surface area contributed by atoms with Crippen molar-refractivity contribution in [2.24, 2.45) is 5.92 Å². The van der Waals surface area contributed by atoms with Gasteiger partial charge in [-0.2, -0.15) is 0 Å². The van der Waals surface area contributed by atoms with E-state index in [1.807, 2.05) is 20.8 Å². The van der Waals surface area contributed by atoms with Gasteiger partial charge in [0, 0.05) is 6.61 Å². The summed E-state index contributed by atoms with van der Waals surface area (Å²) in [5.41, 5.74) is 0. The molecule has 0 bridgehead atoms. The van der Waals surface area contributed by atoms with Gasteiger partial charge in [0.2, 0.25) is 0 Å². The highest BCUT2D eigenvalue weighted by Crippen LogP contribution is 2.01. The molecule has 0 spiro atoms. The van der Waals surface area contributed by atoms with Crippen LogP contribution < -0.4 is 0 Å². The minimum absolute atomic E-state index is 0.00264. The zero-order valence-corrected chi connectivity index (χ0v) is 24.5. The summed E-state index contributed by atoms with van der Waals surface area (Å²) in [6.07, 6.45) is -1.60. The molecular formula is C26H54O12. The number of rotatable bonds is 20. The van der Waals surface area contributed by atoms with Gasteiger partial charge >= 0.3 is 11.9 Å². The lowest BCUT2D eigenvalue weighted by Crippen LogP contribution is -2.26. The second-order valence-electron chi connectivity index (χ2n) is 9.68. The first-order valence-electron chi connectivity index (χ1n) is 13.0. The van der Waals surface area contributed by atoms with Crippen molar-refractivity contribution in [2.45, 2.75) is 105 Å². The predicted molar refractivity (Wildman–Crippen MR) is 142 cm³/mol. The third-order valence-electron chi connectivity index (χ3n) is 4.09. The van der Waals surface area contributed by atoms with Crippen molar-refractivity contribution in [3.8, 4) is 0 Å². The van der Waals surface area contributed by atoms with E-state index < -0.39 is 24.1 Å². The molecule has 0 rings (SSSR count). The van der Waals surface area contributed by atoms with Gasteiger partial charge in [0.05, 0.1) is 89.1 Å². The molecule has 0 fully saturated rings. The molecule has 12 heteroatoms. The molecule has 12 nitrogen and oxygen atoms in total. The van der Waals surface area contributed by atoms with Crippen molar-refractivity contribution in [3.63, 3.8) is 0 Å². The molecule has 0 amide bonds. The first-order valence-corrected chi connectivity index (χ1v) is 13.0. The SMILES string of the molecule is CC(C)COCC(C)OCC(C)OCC(C)O.CC(O)COC(C)COC(C)CO.O=C(O)CCC(=O)O. The molecule has 0 aliphatic carbocycles. The van der Waals surface area contributed by atoms with Gasteiger partial charge in [0.25, 0.3) is 0 Å². The Morgan fingerprint density at radius 3 is 1.21 bits per heavy atom. The molecule has 5 N–H and O–H groups in total. The van der Waals surface area contributed by atoms with E-state index in [-0.39, 0.29) is 43.9 Å². The number of hydrogen-bond donors (Lipinski definition) is 5. The number of hydrogen-bond acceptors (Lipinski definition) is 10.